The van der Waals surface area contributed by atoms with E-state index in [1.165, 1.54) is 0 Å². The Labute approximate surface area is 359 Å². The highest BCUT2D eigenvalue weighted by molar-refractivity contribution is 6.06. The minimum atomic E-state index is 0.892. The summed E-state index contributed by atoms with van der Waals surface area (Å²) in [6, 6.07) is 68.2. The molecule has 0 fully saturated rings. The first-order valence-electron chi connectivity index (χ1n) is 20.7. The van der Waals surface area contributed by atoms with Crippen molar-refractivity contribution in [3.05, 3.63) is 225 Å². The molecular weight excluding hydrogens is 755 g/mol. The standard InChI is InChI=1S/C57H37N5/c1-2-14-47(46(13-1)39-23-26-50-40(32-39)22-21-38-12-11-31-60-57(38)50)43-33-44(48-15-3-5-17-51(48)55-27-24-41(36-61-55)53-19-7-9-29-58-53)35-45(34-43)49-16-4-6-18-52(49)56-28-25-42(37-62-56)54-20-8-10-30-59-54/h1-37H. The van der Waals surface area contributed by atoms with Crippen LogP contribution in [0.4, 0.5) is 0 Å². The van der Waals surface area contributed by atoms with Crippen molar-refractivity contribution in [1.29, 1.82) is 0 Å². The second-order valence-electron chi connectivity index (χ2n) is 15.3. The minimum Gasteiger partial charge on any atom is -0.256 e. The molecule has 11 aromatic rings. The first-order valence-corrected chi connectivity index (χ1v) is 20.7. The Hall–Kier alpha value is -8.41. The average Bonchev–Trinajstić information content (AvgIpc) is 3.36. The molecule has 290 valence electrons. The van der Waals surface area contributed by atoms with E-state index in [0.717, 1.165) is 111 Å². The first kappa shape index (κ1) is 36.7. The summed E-state index contributed by atoms with van der Waals surface area (Å²) in [4.78, 5) is 23.8. The zero-order valence-corrected chi connectivity index (χ0v) is 33.6. The van der Waals surface area contributed by atoms with Gasteiger partial charge in [0.2, 0.25) is 0 Å². The van der Waals surface area contributed by atoms with E-state index < -0.39 is 0 Å². The Morgan fingerprint density at radius 1 is 0.242 bits per heavy atom. The van der Waals surface area contributed by atoms with E-state index >= 15 is 0 Å². The van der Waals surface area contributed by atoms with Crippen molar-refractivity contribution in [2.45, 2.75) is 0 Å². The molecule has 0 amide bonds. The lowest BCUT2D eigenvalue weighted by Gasteiger charge is -2.18. The van der Waals surface area contributed by atoms with Crippen LogP contribution in [0.15, 0.2) is 225 Å². The van der Waals surface area contributed by atoms with Gasteiger partial charge >= 0.3 is 0 Å². The van der Waals surface area contributed by atoms with Crippen LogP contribution in [0.1, 0.15) is 0 Å². The Morgan fingerprint density at radius 2 is 0.694 bits per heavy atom. The van der Waals surface area contributed by atoms with Gasteiger partial charge in [-0.15, -0.1) is 0 Å². The predicted octanol–water partition coefficient (Wildman–Crippen LogP) is 14.3. The molecule has 5 heteroatoms. The van der Waals surface area contributed by atoms with Gasteiger partial charge in [0.05, 0.1) is 28.3 Å². The number of rotatable bonds is 8. The van der Waals surface area contributed by atoms with Crippen LogP contribution < -0.4 is 0 Å². The van der Waals surface area contributed by atoms with Gasteiger partial charge in [0.25, 0.3) is 0 Å². The van der Waals surface area contributed by atoms with Gasteiger partial charge in [0, 0.05) is 64.0 Å². The number of benzene rings is 6. The molecule has 11 rings (SSSR count). The van der Waals surface area contributed by atoms with Crippen LogP contribution in [-0.2, 0) is 0 Å². The van der Waals surface area contributed by atoms with E-state index in [0.29, 0.717) is 0 Å². The van der Waals surface area contributed by atoms with Crippen LogP contribution in [0.3, 0.4) is 0 Å². The highest BCUT2D eigenvalue weighted by atomic mass is 14.7. The summed E-state index contributed by atoms with van der Waals surface area (Å²) in [6.07, 6.45) is 9.32. The normalized spacial score (nSPS) is 11.2. The molecule has 62 heavy (non-hydrogen) atoms. The molecule has 5 aromatic heterocycles. The second kappa shape index (κ2) is 16.0. The van der Waals surface area contributed by atoms with Gasteiger partial charge in [-0.3, -0.25) is 24.9 Å². The Balaban J connectivity index is 1.08. The molecule has 0 atom stereocenters. The summed E-state index contributed by atoms with van der Waals surface area (Å²) in [5.41, 5.74) is 17.5. The van der Waals surface area contributed by atoms with Crippen molar-refractivity contribution >= 4 is 21.7 Å². The molecular formula is C57H37N5. The first-order chi connectivity index (χ1) is 30.7. The van der Waals surface area contributed by atoms with Crippen molar-refractivity contribution in [1.82, 2.24) is 24.9 Å². The molecule has 0 saturated heterocycles. The highest BCUT2D eigenvalue weighted by Gasteiger charge is 2.17. The summed E-state index contributed by atoms with van der Waals surface area (Å²) in [6.45, 7) is 0. The molecule has 6 aromatic carbocycles. The van der Waals surface area contributed by atoms with Crippen LogP contribution in [0.5, 0.6) is 0 Å². The third-order valence-corrected chi connectivity index (χ3v) is 11.5. The molecule has 5 nitrogen and oxygen atoms in total. The van der Waals surface area contributed by atoms with Gasteiger partial charge in [-0.25, -0.2) is 0 Å². The summed E-state index contributed by atoms with van der Waals surface area (Å²) in [5.74, 6) is 0. The monoisotopic (exact) mass is 791 g/mol. The Morgan fingerprint density at radius 3 is 1.19 bits per heavy atom. The maximum absolute atomic E-state index is 5.00. The number of hydrogen-bond donors (Lipinski definition) is 0. The predicted molar refractivity (Wildman–Crippen MR) is 254 cm³/mol. The van der Waals surface area contributed by atoms with Gasteiger partial charge in [-0.1, -0.05) is 115 Å². The highest BCUT2D eigenvalue weighted by Crippen LogP contribution is 2.42. The van der Waals surface area contributed by atoms with Gasteiger partial charge in [-0.2, -0.15) is 0 Å². The van der Waals surface area contributed by atoms with Gasteiger partial charge in [0.15, 0.2) is 0 Å². The maximum atomic E-state index is 5.00. The Bertz CT molecular complexity index is 3240. The van der Waals surface area contributed by atoms with E-state index in [-0.39, 0.29) is 0 Å². The second-order valence-corrected chi connectivity index (χ2v) is 15.3. The fraction of sp³-hybridized carbons (Fsp3) is 0. The minimum absolute atomic E-state index is 0.892. The zero-order valence-electron chi connectivity index (χ0n) is 33.6. The molecule has 0 unspecified atom stereocenters. The average molecular weight is 792 g/mol. The van der Waals surface area contributed by atoms with E-state index in [1.54, 1.807) is 0 Å². The molecule has 0 bridgehead atoms. The van der Waals surface area contributed by atoms with Gasteiger partial charge in [-0.05, 0) is 129 Å². The van der Waals surface area contributed by atoms with Crippen molar-refractivity contribution in [3.63, 3.8) is 0 Å². The molecule has 0 radical (unpaired) electrons. The lowest BCUT2D eigenvalue weighted by Crippen LogP contribution is -1.94. The molecule has 0 aliphatic rings. The van der Waals surface area contributed by atoms with E-state index in [4.69, 9.17) is 15.0 Å². The molecule has 0 spiro atoms. The van der Waals surface area contributed by atoms with E-state index in [2.05, 4.69) is 162 Å². The van der Waals surface area contributed by atoms with Gasteiger partial charge < -0.3 is 0 Å². The van der Waals surface area contributed by atoms with E-state index in [9.17, 15) is 0 Å². The van der Waals surface area contributed by atoms with Crippen LogP contribution in [0.25, 0.3) is 111 Å². The molecule has 0 aliphatic carbocycles. The largest absolute Gasteiger partial charge is 0.256 e. The van der Waals surface area contributed by atoms with Crippen LogP contribution in [-0.4, -0.2) is 24.9 Å². The lowest BCUT2D eigenvalue weighted by molar-refractivity contribution is 1.28. The fourth-order valence-electron chi connectivity index (χ4n) is 8.51. The Kier molecular flexibility index (Phi) is 9.45. The van der Waals surface area contributed by atoms with Crippen LogP contribution >= 0.6 is 0 Å². The summed E-state index contributed by atoms with van der Waals surface area (Å²) >= 11 is 0. The fourth-order valence-corrected chi connectivity index (χ4v) is 8.51. The summed E-state index contributed by atoms with van der Waals surface area (Å²) < 4.78 is 0. The maximum Gasteiger partial charge on any atom is 0.0780 e. The number of aromatic nitrogens is 5. The topological polar surface area (TPSA) is 64.5 Å². The third kappa shape index (κ3) is 6.97. The number of pyridine rings is 5. The van der Waals surface area contributed by atoms with Crippen molar-refractivity contribution in [2.75, 3.05) is 0 Å². The zero-order chi connectivity index (χ0) is 41.2. The molecule has 0 aliphatic heterocycles. The number of hydrogen-bond acceptors (Lipinski definition) is 5. The smallest absolute Gasteiger partial charge is 0.0780 e. The third-order valence-electron chi connectivity index (χ3n) is 11.5. The quantitative estimate of drug-likeness (QED) is 0.143. The SMILES string of the molecule is c1ccc(-c2ccc(-c3ccccc3-c3cc(-c4ccccc4-c4ccc5c(ccc6cccnc65)c4)cc(-c4ccccc4-c4ccc(-c5ccccn5)cn4)c3)nc2)nc1. The number of nitrogens with zero attached hydrogens (tertiary/aromatic N) is 5. The molecule has 0 N–H and O–H groups in total. The molecule has 5 heterocycles. The van der Waals surface area contributed by atoms with E-state index in [1.807, 2.05) is 73.4 Å². The molecule has 0 saturated carbocycles. The van der Waals surface area contributed by atoms with Crippen molar-refractivity contribution in [2.24, 2.45) is 0 Å². The van der Waals surface area contributed by atoms with Gasteiger partial charge in [0.1, 0.15) is 0 Å². The summed E-state index contributed by atoms with van der Waals surface area (Å²) in [5, 5.41) is 3.44. The van der Waals surface area contributed by atoms with Crippen LogP contribution in [0, 0.1) is 0 Å². The van der Waals surface area contributed by atoms with Crippen molar-refractivity contribution < 1.29 is 0 Å². The lowest BCUT2D eigenvalue weighted by atomic mass is 9.87. The van der Waals surface area contributed by atoms with Crippen molar-refractivity contribution in [3.8, 4) is 89.5 Å². The summed E-state index contributed by atoms with van der Waals surface area (Å²) in [7, 11) is 0. The number of fused-ring (bicyclic) bond motifs is 3. The van der Waals surface area contributed by atoms with Crippen LogP contribution in [0.2, 0.25) is 0 Å².